The Morgan fingerprint density at radius 3 is 1.23 bits per heavy atom. The first-order chi connectivity index (χ1) is 5.54. The van der Waals surface area contributed by atoms with Crippen LogP contribution in [0, 0.1) is 0 Å². The molecule has 0 spiro atoms. The summed E-state index contributed by atoms with van der Waals surface area (Å²) >= 11 is 0. The van der Waals surface area contributed by atoms with E-state index in [1.54, 1.807) is 0 Å². The Hall–Kier alpha value is 1.48. The first kappa shape index (κ1) is 20.0. The molecule has 0 saturated heterocycles. The van der Waals surface area contributed by atoms with Crippen LogP contribution in [0.25, 0.3) is 0 Å². The zero-order valence-electron chi connectivity index (χ0n) is 6.47. The SMILES string of the molecule is O=[PH]([O-])OCO.O=[PH]([O-])OCO.[Ca+2]. The Balaban J connectivity index is -0.000000143. The van der Waals surface area contributed by atoms with Gasteiger partial charge < -0.3 is 38.2 Å². The van der Waals surface area contributed by atoms with Crippen LogP contribution in [0.5, 0.6) is 0 Å². The van der Waals surface area contributed by atoms with Gasteiger partial charge in [0.15, 0.2) is 0 Å². The Labute approximate surface area is 105 Å². The van der Waals surface area contributed by atoms with Crippen LogP contribution in [-0.4, -0.2) is 61.5 Å². The molecule has 13 heavy (non-hydrogen) atoms. The molecule has 0 saturated carbocycles. The summed E-state index contributed by atoms with van der Waals surface area (Å²) < 4.78 is 25.8. The summed E-state index contributed by atoms with van der Waals surface area (Å²) in [6.07, 6.45) is 0. The van der Waals surface area contributed by atoms with Gasteiger partial charge in [-0.05, 0) is 0 Å². The second-order valence-electron chi connectivity index (χ2n) is 1.05. The molecule has 0 aromatic carbocycles. The number of aliphatic hydroxyl groups excluding tert-OH is 2. The van der Waals surface area contributed by atoms with Crippen molar-refractivity contribution in [1.29, 1.82) is 0 Å². The van der Waals surface area contributed by atoms with Gasteiger partial charge in [-0.1, -0.05) is 0 Å². The molecule has 2 unspecified atom stereocenters. The Morgan fingerprint density at radius 2 is 1.23 bits per heavy atom. The van der Waals surface area contributed by atoms with E-state index in [1.807, 2.05) is 0 Å². The minimum Gasteiger partial charge on any atom is -0.781 e. The molecule has 0 amide bonds. The van der Waals surface area contributed by atoms with Crippen LogP contribution in [0.4, 0.5) is 0 Å². The van der Waals surface area contributed by atoms with Crippen LogP contribution in [0.1, 0.15) is 0 Å². The number of aliphatic hydroxyl groups is 2. The molecule has 0 fully saturated rings. The predicted molar refractivity (Wildman–Crippen MR) is 40.1 cm³/mol. The maximum absolute atomic E-state index is 9.29. The van der Waals surface area contributed by atoms with Crippen molar-refractivity contribution in [3.63, 3.8) is 0 Å². The maximum Gasteiger partial charge on any atom is 2.00 e. The van der Waals surface area contributed by atoms with Crippen molar-refractivity contribution < 1.29 is 38.2 Å². The summed E-state index contributed by atoms with van der Waals surface area (Å²) in [7, 11) is -6.27. The average molecular weight is 262 g/mol. The monoisotopic (exact) mass is 262 g/mol. The number of hydrogen-bond acceptors (Lipinski definition) is 8. The molecule has 76 valence electrons. The van der Waals surface area contributed by atoms with E-state index in [0.717, 1.165) is 0 Å². The minimum atomic E-state index is -3.14. The molecule has 0 aromatic heterocycles. The molecule has 2 N–H and O–H groups in total. The second-order valence-corrected chi connectivity index (χ2v) is 2.62. The Bertz CT molecular complexity index is 124. The van der Waals surface area contributed by atoms with Gasteiger partial charge in [0.2, 0.25) is 0 Å². The van der Waals surface area contributed by atoms with E-state index in [9.17, 15) is 18.9 Å². The Morgan fingerprint density at radius 1 is 1.00 bits per heavy atom. The van der Waals surface area contributed by atoms with Crippen molar-refractivity contribution >= 4 is 54.2 Å². The molecule has 0 radical (unpaired) electrons. The zero-order chi connectivity index (χ0) is 9.98. The quantitative estimate of drug-likeness (QED) is 0.311. The molecule has 0 aliphatic carbocycles. The van der Waals surface area contributed by atoms with Crippen molar-refractivity contribution in [3.05, 3.63) is 0 Å². The van der Waals surface area contributed by atoms with Crippen LogP contribution >= 0.6 is 16.5 Å². The maximum atomic E-state index is 9.29. The van der Waals surface area contributed by atoms with Crippen molar-refractivity contribution in [2.75, 3.05) is 13.6 Å². The first-order valence-electron chi connectivity index (χ1n) is 2.43. The van der Waals surface area contributed by atoms with Gasteiger partial charge in [0, 0.05) is 0 Å². The fraction of sp³-hybridized carbons (Fsp3) is 1.00. The summed E-state index contributed by atoms with van der Waals surface area (Å²) in [5.41, 5.74) is 0. The van der Waals surface area contributed by atoms with Crippen LogP contribution < -0.4 is 9.79 Å². The molecule has 0 aliphatic rings. The van der Waals surface area contributed by atoms with Crippen molar-refractivity contribution in [3.8, 4) is 0 Å². The normalized spacial score (nSPS) is 13.2. The van der Waals surface area contributed by atoms with E-state index in [-0.39, 0.29) is 37.7 Å². The van der Waals surface area contributed by atoms with Crippen LogP contribution in [0.3, 0.4) is 0 Å². The molecule has 0 bridgehead atoms. The number of hydrogen-bond donors (Lipinski definition) is 2. The molecule has 11 heteroatoms. The zero-order valence-corrected chi connectivity index (χ0v) is 10.7. The Kier molecular flexibility index (Phi) is 24.5. The standard InChI is InChI=1S/2CH5O4P.Ca/c2*2-1-5-6(3)4;/h2*2,6H,1H2,(H,3,4);/q;;+2/p-2. The van der Waals surface area contributed by atoms with Crippen LogP contribution in [0.2, 0.25) is 0 Å². The summed E-state index contributed by atoms with van der Waals surface area (Å²) in [6, 6.07) is 0. The smallest absolute Gasteiger partial charge is 0.781 e. The summed E-state index contributed by atoms with van der Waals surface area (Å²) in [4.78, 5) is 18.6. The molecule has 2 atom stereocenters. The van der Waals surface area contributed by atoms with Gasteiger partial charge in [-0.3, -0.25) is 0 Å². The first-order valence-corrected chi connectivity index (χ1v) is 4.88. The van der Waals surface area contributed by atoms with E-state index < -0.39 is 30.1 Å². The van der Waals surface area contributed by atoms with Crippen LogP contribution in [0.15, 0.2) is 0 Å². The van der Waals surface area contributed by atoms with E-state index in [1.165, 1.54) is 0 Å². The largest absolute Gasteiger partial charge is 2.00 e. The molecule has 0 rings (SSSR count). The second kappa shape index (κ2) is 15.9. The fourth-order valence-electron chi connectivity index (χ4n) is 0.105. The molecular weight excluding hydrogens is 254 g/mol. The van der Waals surface area contributed by atoms with Gasteiger partial charge in [0.05, 0.1) is 0 Å². The summed E-state index contributed by atoms with van der Waals surface area (Å²) in [5, 5.41) is 15.3. The summed E-state index contributed by atoms with van der Waals surface area (Å²) in [5.74, 6) is 0. The summed E-state index contributed by atoms with van der Waals surface area (Å²) in [6.45, 7) is -1.50. The molecule has 0 heterocycles. The average Bonchev–Trinajstić information content (AvgIpc) is 1.87. The third kappa shape index (κ3) is 31.8. The topological polar surface area (TPSA) is 139 Å². The molecule has 0 aliphatic heterocycles. The van der Waals surface area contributed by atoms with Gasteiger partial charge in [0.25, 0.3) is 0 Å². The van der Waals surface area contributed by atoms with Crippen molar-refractivity contribution in [1.82, 2.24) is 0 Å². The van der Waals surface area contributed by atoms with Gasteiger partial charge >= 0.3 is 37.7 Å². The molecule has 8 nitrogen and oxygen atoms in total. The van der Waals surface area contributed by atoms with E-state index in [4.69, 9.17) is 10.2 Å². The molecule has 0 aromatic rings. The minimum absolute atomic E-state index is 0. The van der Waals surface area contributed by atoms with Gasteiger partial charge in [-0.2, -0.15) is 0 Å². The van der Waals surface area contributed by atoms with Gasteiger partial charge in [-0.15, -0.1) is 0 Å². The third-order valence-electron chi connectivity index (χ3n) is 0.365. The van der Waals surface area contributed by atoms with Crippen molar-refractivity contribution in [2.45, 2.75) is 0 Å². The van der Waals surface area contributed by atoms with Crippen molar-refractivity contribution in [2.24, 2.45) is 0 Å². The predicted octanol–water partition coefficient (Wildman–Crippen LogP) is -2.98. The third-order valence-corrected chi connectivity index (χ3v) is 1.09. The van der Waals surface area contributed by atoms with Gasteiger partial charge in [0.1, 0.15) is 30.1 Å². The van der Waals surface area contributed by atoms with E-state index in [2.05, 4.69) is 9.05 Å². The fourth-order valence-corrected chi connectivity index (χ4v) is 0.316. The van der Waals surface area contributed by atoms with E-state index >= 15 is 0 Å². The van der Waals surface area contributed by atoms with Gasteiger partial charge in [-0.25, -0.2) is 0 Å². The number of rotatable bonds is 4. The van der Waals surface area contributed by atoms with E-state index in [0.29, 0.717) is 0 Å². The van der Waals surface area contributed by atoms with Crippen LogP contribution in [-0.2, 0) is 18.2 Å². The molecular formula is C2H8CaO8P2.